The summed E-state index contributed by atoms with van der Waals surface area (Å²) >= 11 is 6.59. The van der Waals surface area contributed by atoms with E-state index in [1.54, 1.807) is 12.1 Å². The number of hydrogen-bond donors (Lipinski definition) is 1. The maximum atomic E-state index is 13.2. The number of halogens is 4. The minimum atomic E-state index is -4.52. The Hall–Kier alpha value is -2.39. The van der Waals surface area contributed by atoms with Gasteiger partial charge in [0.05, 0.1) is 32.0 Å². The molecule has 5 rings (SSSR count). The topological polar surface area (TPSA) is 115 Å². The van der Waals surface area contributed by atoms with Gasteiger partial charge in [0.1, 0.15) is 0 Å². The molecule has 3 heterocycles. The van der Waals surface area contributed by atoms with Gasteiger partial charge in [-0.1, -0.05) is 30.9 Å². The smallest absolute Gasteiger partial charge is 0.416 e. The Labute approximate surface area is 279 Å². The van der Waals surface area contributed by atoms with Crippen LogP contribution in [0.15, 0.2) is 52.3 Å². The lowest BCUT2D eigenvalue weighted by Gasteiger charge is -2.35. The lowest BCUT2D eigenvalue weighted by molar-refractivity contribution is -0.143. The molecule has 0 saturated carbocycles. The summed E-state index contributed by atoms with van der Waals surface area (Å²) in [6.07, 6.45) is 2.59. The molecule has 0 bridgehead atoms. The first-order chi connectivity index (χ1) is 22.2. The number of carbonyl (C=O) groups is 1. The van der Waals surface area contributed by atoms with E-state index in [0.29, 0.717) is 29.9 Å². The molecule has 3 saturated heterocycles. The maximum Gasteiger partial charge on any atom is 0.416 e. The van der Waals surface area contributed by atoms with Gasteiger partial charge >= 0.3 is 12.1 Å². The first kappa shape index (κ1) is 35.9. The largest absolute Gasteiger partial charge is 0.481 e. The van der Waals surface area contributed by atoms with Gasteiger partial charge in [-0.05, 0) is 92.8 Å². The van der Waals surface area contributed by atoms with Crippen molar-refractivity contribution in [2.45, 2.75) is 73.8 Å². The molecule has 0 atom stereocenters. The van der Waals surface area contributed by atoms with E-state index in [1.165, 1.54) is 14.7 Å². The van der Waals surface area contributed by atoms with Crippen LogP contribution in [0.5, 0.6) is 0 Å². The molecule has 3 aliphatic rings. The van der Waals surface area contributed by atoms with E-state index in [1.807, 2.05) is 0 Å². The molecule has 9 nitrogen and oxygen atoms in total. The van der Waals surface area contributed by atoms with Gasteiger partial charge in [0.25, 0.3) is 0 Å². The van der Waals surface area contributed by atoms with Crippen LogP contribution in [0.1, 0.15) is 63.4 Å². The third kappa shape index (κ3) is 8.44. The molecular formula is C32H41ClF3N3O6S2. The fourth-order valence-electron chi connectivity index (χ4n) is 6.96. The first-order valence-electron chi connectivity index (χ1n) is 16.1. The predicted octanol–water partition coefficient (Wildman–Crippen LogP) is 6.33. The summed E-state index contributed by atoms with van der Waals surface area (Å²) in [7, 11) is -7.60. The van der Waals surface area contributed by atoms with Gasteiger partial charge in [0, 0.05) is 39.3 Å². The van der Waals surface area contributed by atoms with Gasteiger partial charge in [0.15, 0.2) is 0 Å². The standard InChI is InChI=1S/C32H41ClF3N3O6S2/c33-29-22-28(47(44,45)39-20-14-25(15-21-39)31(40)41)8-9-30(29)37-16-10-23(11-17-37)2-1-3-24-12-18-38(19-13-24)46(42,43)27-6-4-26(5-7-27)32(34,35)36/h4-9,22-25H,1-3,10-21H2,(H,40,41). The van der Waals surface area contributed by atoms with E-state index in [-0.39, 0.29) is 35.7 Å². The molecule has 0 aromatic heterocycles. The van der Waals surface area contributed by atoms with Gasteiger partial charge in [0.2, 0.25) is 20.0 Å². The van der Waals surface area contributed by atoms with Crippen LogP contribution in [0.2, 0.25) is 5.02 Å². The summed E-state index contributed by atoms with van der Waals surface area (Å²) in [5.41, 5.74) is -0.0768. The van der Waals surface area contributed by atoms with Crippen molar-refractivity contribution in [2.24, 2.45) is 17.8 Å². The minimum absolute atomic E-state index is 0.109. The Kier molecular flexibility index (Phi) is 11.2. The number of anilines is 1. The van der Waals surface area contributed by atoms with Crippen LogP contribution in [0.3, 0.4) is 0 Å². The molecule has 3 aliphatic heterocycles. The lowest BCUT2D eigenvalue weighted by Crippen LogP contribution is -2.40. The molecule has 2 aromatic carbocycles. The number of piperidine rings is 3. The molecular weight excluding hydrogens is 679 g/mol. The van der Waals surface area contributed by atoms with Gasteiger partial charge in [-0.3, -0.25) is 4.79 Å². The van der Waals surface area contributed by atoms with Crippen LogP contribution in [0.25, 0.3) is 0 Å². The number of hydrogen-bond acceptors (Lipinski definition) is 6. The summed E-state index contributed by atoms with van der Waals surface area (Å²) in [6, 6.07) is 8.48. The Bertz CT molecular complexity index is 1620. The molecule has 0 aliphatic carbocycles. The summed E-state index contributed by atoms with van der Waals surface area (Å²) in [5.74, 6) is -0.455. The van der Waals surface area contributed by atoms with Crippen LogP contribution >= 0.6 is 11.6 Å². The fraction of sp³-hybridized carbons (Fsp3) is 0.594. The van der Waals surface area contributed by atoms with Gasteiger partial charge in [-0.2, -0.15) is 21.8 Å². The van der Waals surface area contributed by atoms with E-state index in [9.17, 15) is 39.9 Å². The third-order valence-electron chi connectivity index (χ3n) is 9.93. The van der Waals surface area contributed by atoms with Crippen LogP contribution < -0.4 is 4.90 Å². The minimum Gasteiger partial charge on any atom is -0.481 e. The average Bonchev–Trinajstić information content (AvgIpc) is 3.05. The summed E-state index contributed by atoms with van der Waals surface area (Å²) < 4.78 is 93.5. The zero-order chi connectivity index (χ0) is 34.0. The zero-order valence-corrected chi connectivity index (χ0v) is 28.4. The monoisotopic (exact) mass is 719 g/mol. The number of alkyl halides is 3. The number of nitrogens with zero attached hydrogens (tertiary/aromatic N) is 3. The normalized spacial score (nSPS) is 20.5. The second-order valence-electron chi connectivity index (χ2n) is 12.9. The van der Waals surface area contributed by atoms with Crippen molar-refractivity contribution in [1.82, 2.24) is 8.61 Å². The number of carboxylic acids is 1. The van der Waals surface area contributed by atoms with Crippen molar-refractivity contribution in [2.75, 3.05) is 44.2 Å². The van der Waals surface area contributed by atoms with Crippen molar-refractivity contribution < 1.29 is 39.9 Å². The maximum absolute atomic E-state index is 13.2. The van der Waals surface area contributed by atoms with Gasteiger partial charge in [-0.15, -0.1) is 0 Å². The first-order valence-corrected chi connectivity index (χ1v) is 19.4. The zero-order valence-electron chi connectivity index (χ0n) is 26.0. The fourth-order valence-corrected chi connectivity index (χ4v) is 10.3. The summed E-state index contributed by atoms with van der Waals surface area (Å²) in [4.78, 5) is 13.4. The Morgan fingerprint density at radius 2 is 1.21 bits per heavy atom. The second kappa shape index (κ2) is 14.6. The van der Waals surface area contributed by atoms with Crippen LogP contribution in [-0.2, 0) is 31.0 Å². The van der Waals surface area contributed by atoms with Crippen molar-refractivity contribution >= 4 is 43.3 Å². The quantitative estimate of drug-likeness (QED) is 0.305. The molecule has 15 heteroatoms. The van der Waals surface area contributed by atoms with Gasteiger partial charge < -0.3 is 10.0 Å². The highest BCUT2D eigenvalue weighted by atomic mass is 35.5. The molecule has 47 heavy (non-hydrogen) atoms. The number of rotatable bonds is 10. The van der Waals surface area contributed by atoms with E-state index in [0.717, 1.165) is 88.0 Å². The van der Waals surface area contributed by atoms with E-state index < -0.39 is 43.7 Å². The van der Waals surface area contributed by atoms with Crippen molar-refractivity contribution in [3.05, 3.63) is 53.1 Å². The Morgan fingerprint density at radius 3 is 1.70 bits per heavy atom. The lowest BCUT2D eigenvalue weighted by atomic mass is 9.87. The number of benzene rings is 2. The Morgan fingerprint density at radius 1 is 0.745 bits per heavy atom. The molecule has 1 N–H and O–H groups in total. The summed E-state index contributed by atoms with van der Waals surface area (Å²) in [6.45, 7) is 2.66. The highest BCUT2D eigenvalue weighted by molar-refractivity contribution is 7.89. The van der Waals surface area contributed by atoms with E-state index >= 15 is 0 Å². The number of aliphatic carboxylic acids is 1. The molecule has 3 fully saturated rings. The van der Waals surface area contributed by atoms with E-state index in [2.05, 4.69) is 4.90 Å². The highest BCUT2D eigenvalue weighted by Gasteiger charge is 2.34. The van der Waals surface area contributed by atoms with Crippen LogP contribution in [0.4, 0.5) is 18.9 Å². The highest BCUT2D eigenvalue weighted by Crippen LogP contribution is 2.36. The molecule has 0 radical (unpaired) electrons. The second-order valence-corrected chi connectivity index (χ2v) is 17.1. The Balaban J connectivity index is 1.04. The van der Waals surface area contributed by atoms with Gasteiger partial charge in [-0.25, -0.2) is 16.8 Å². The third-order valence-corrected chi connectivity index (χ3v) is 14.0. The van der Waals surface area contributed by atoms with Crippen LogP contribution in [-0.4, -0.2) is 75.8 Å². The van der Waals surface area contributed by atoms with Crippen molar-refractivity contribution in [1.29, 1.82) is 0 Å². The molecule has 0 amide bonds. The van der Waals surface area contributed by atoms with Crippen molar-refractivity contribution in [3.8, 4) is 0 Å². The molecule has 2 aromatic rings. The predicted molar refractivity (Wildman–Crippen MR) is 172 cm³/mol. The summed E-state index contributed by atoms with van der Waals surface area (Å²) in [5, 5.41) is 9.57. The number of sulfonamides is 2. The molecule has 260 valence electrons. The average molecular weight is 720 g/mol. The van der Waals surface area contributed by atoms with E-state index in [4.69, 9.17) is 11.6 Å². The molecule has 0 unspecified atom stereocenters. The van der Waals surface area contributed by atoms with Crippen LogP contribution in [0, 0.1) is 17.8 Å². The SMILES string of the molecule is O=C(O)C1CCN(S(=O)(=O)c2ccc(N3CCC(CCCC4CCN(S(=O)(=O)c5ccc(C(F)(F)F)cc5)CC4)CC3)c(Cl)c2)CC1. The molecule has 0 spiro atoms. The number of carboxylic acid groups (broad SMARTS) is 1. The van der Waals surface area contributed by atoms with Crippen molar-refractivity contribution in [3.63, 3.8) is 0 Å².